The summed E-state index contributed by atoms with van der Waals surface area (Å²) >= 11 is 0. The Morgan fingerprint density at radius 1 is 1.40 bits per heavy atom. The first-order valence-electron chi connectivity index (χ1n) is 2.41. The number of rotatable bonds is 1. The fourth-order valence-corrected chi connectivity index (χ4v) is 0.500. The van der Waals surface area contributed by atoms with Crippen LogP contribution in [0.15, 0.2) is 24.3 Å². The predicted octanol–water partition coefficient (Wildman–Crippen LogP) is 0.746. The van der Waals surface area contributed by atoms with E-state index >= 15 is 0 Å². The molecule has 0 saturated heterocycles. The van der Waals surface area contributed by atoms with Crippen LogP contribution in [0.25, 0.3) is 0 Å². The topological polar surface area (TPSA) is 43.1 Å². The summed E-state index contributed by atoms with van der Waals surface area (Å²) < 4.78 is 0. The van der Waals surface area contributed by atoms with Gasteiger partial charge in [-0.15, -0.1) is 0 Å². The standard InChI is InChI=1S/C6H4NO2.Li.H/c8-7(9)6-4-2-1-3-5-6;;/h2-5H;;. The van der Waals surface area contributed by atoms with Gasteiger partial charge in [0.25, 0.3) is 5.69 Å². The summed E-state index contributed by atoms with van der Waals surface area (Å²) in [6, 6.07) is 8.51. The van der Waals surface area contributed by atoms with Crippen LogP contribution < -0.4 is 0 Å². The van der Waals surface area contributed by atoms with Crippen molar-refractivity contribution < 1.29 is 4.92 Å². The molecule has 3 nitrogen and oxygen atoms in total. The molecular weight excluding hydrogens is 125 g/mol. The second-order valence-electron chi connectivity index (χ2n) is 1.52. The first-order chi connectivity index (χ1) is 4.30. The van der Waals surface area contributed by atoms with Crippen LogP contribution in [0, 0.1) is 16.2 Å². The zero-order valence-corrected chi connectivity index (χ0v) is 4.57. The van der Waals surface area contributed by atoms with Crippen LogP contribution in [-0.4, -0.2) is 23.8 Å². The predicted molar refractivity (Wildman–Crippen MR) is 39.1 cm³/mol. The Morgan fingerprint density at radius 3 is 2.20 bits per heavy atom. The zero-order chi connectivity index (χ0) is 6.69. The molecule has 10 heavy (non-hydrogen) atoms. The maximum absolute atomic E-state index is 9.99. The molecular formula is C6H5LiNO2. The molecule has 0 N–H and O–H groups in total. The van der Waals surface area contributed by atoms with E-state index < -0.39 is 4.92 Å². The number of nitrogens with zero attached hydrogens (tertiary/aromatic N) is 1. The summed E-state index contributed by atoms with van der Waals surface area (Å²) in [4.78, 5) is 9.56. The van der Waals surface area contributed by atoms with Gasteiger partial charge < -0.3 is 0 Å². The molecule has 1 aromatic rings. The van der Waals surface area contributed by atoms with Gasteiger partial charge in [0.2, 0.25) is 0 Å². The Morgan fingerprint density at radius 2 is 1.90 bits per heavy atom. The van der Waals surface area contributed by atoms with E-state index in [1.807, 2.05) is 0 Å². The van der Waals surface area contributed by atoms with Gasteiger partial charge in [-0.1, -0.05) is 0 Å². The molecule has 0 amide bonds. The van der Waals surface area contributed by atoms with Crippen molar-refractivity contribution in [3.05, 3.63) is 40.4 Å². The molecule has 0 aliphatic rings. The van der Waals surface area contributed by atoms with E-state index in [1.54, 1.807) is 0 Å². The third kappa shape index (κ3) is 2.22. The van der Waals surface area contributed by atoms with E-state index in [0.717, 1.165) is 0 Å². The first-order valence-corrected chi connectivity index (χ1v) is 2.41. The van der Waals surface area contributed by atoms with E-state index in [-0.39, 0.29) is 24.5 Å². The van der Waals surface area contributed by atoms with Crippen LogP contribution >= 0.6 is 0 Å². The van der Waals surface area contributed by atoms with Gasteiger partial charge >= 0.3 is 18.9 Å². The number of hydrogen-bond donors (Lipinski definition) is 0. The molecule has 0 atom stereocenters. The number of nitro benzene ring substituents is 1. The third-order valence-corrected chi connectivity index (χ3v) is 0.911. The summed E-state index contributed by atoms with van der Waals surface area (Å²) in [5.41, 5.74) is 0.105. The van der Waals surface area contributed by atoms with Crippen LogP contribution in [0.2, 0.25) is 0 Å². The molecule has 0 heterocycles. The van der Waals surface area contributed by atoms with Crippen molar-refractivity contribution in [3.63, 3.8) is 0 Å². The van der Waals surface area contributed by atoms with Crippen molar-refractivity contribution in [2.24, 2.45) is 0 Å². The van der Waals surface area contributed by atoms with Crippen molar-refractivity contribution in [2.75, 3.05) is 0 Å². The number of hydrogen-bond acceptors (Lipinski definition) is 2. The van der Waals surface area contributed by atoms with Gasteiger partial charge in [-0.2, -0.15) is 0 Å². The van der Waals surface area contributed by atoms with Crippen molar-refractivity contribution >= 4 is 24.5 Å². The van der Waals surface area contributed by atoms with E-state index in [1.165, 1.54) is 24.3 Å². The molecule has 0 aromatic heterocycles. The average Bonchev–Trinajstić information content (AvgIpc) is 1.90. The number of non-ortho nitro benzene ring substituents is 1. The van der Waals surface area contributed by atoms with Crippen LogP contribution in [0.1, 0.15) is 0 Å². The Kier molecular flexibility index (Phi) is 3.78. The van der Waals surface area contributed by atoms with Gasteiger partial charge in [0.1, 0.15) is 0 Å². The summed E-state index contributed by atoms with van der Waals surface area (Å²) in [5.74, 6) is 0. The van der Waals surface area contributed by atoms with Gasteiger partial charge in [0, 0.05) is 12.1 Å². The molecule has 0 unspecified atom stereocenters. The third-order valence-electron chi connectivity index (χ3n) is 0.911. The van der Waals surface area contributed by atoms with Crippen molar-refractivity contribution in [2.45, 2.75) is 0 Å². The Hall–Kier alpha value is -0.783. The van der Waals surface area contributed by atoms with Crippen LogP contribution in [0.4, 0.5) is 5.69 Å². The summed E-state index contributed by atoms with van der Waals surface area (Å²) in [5, 5.41) is 9.99. The second-order valence-corrected chi connectivity index (χ2v) is 1.52. The maximum atomic E-state index is 9.99. The molecule has 0 fully saturated rings. The van der Waals surface area contributed by atoms with E-state index in [9.17, 15) is 10.1 Å². The Balaban J connectivity index is 0.000000810. The SMILES string of the molecule is O=[N+]([O-])c1cc[c]cc1.[LiH]. The van der Waals surface area contributed by atoms with E-state index in [0.29, 0.717) is 0 Å². The molecule has 0 bridgehead atoms. The van der Waals surface area contributed by atoms with E-state index in [2.05, 4.69) is 6.07 Å². The van der Waals surface area contributed by atoms with Gasteiger partial charge in [0.05, 0.1) is 4.92 Å². The molecule has 0 spiro atoms. The molecule has 1 rings (SSSR count). The van der Waals surface area contributed by atoms with Gasteiger partial charge in [-0.3, -0.25) is 10.1 Å². The first kappa shape index (κ1) is 9.22. The quantitative estimate of drug-likeness (QED) is 0.319. The molecule has 0 aliphatic heterocycles. The monoisotopic (exact) mass is 130 g/mol. The fraction of sp³-hybridized carbons (Fsp3) is 0. The van der Waals surface area contributed by atoms with Crippen LogP contribution in [0.3, 0.4) is 0 Å². The average molecular weight is 130 g/mol. The fourth-order valence-electron chi connectivity index (χ4n) is 0.500. The van der Waals surface area contributed by atoms with Crippen molar-refractivity contribution in [1.29, 1.82) is 0 Å². The Bertz CT molecular complexity index is 212. The number of benzene rings is 1. The van der Waals surface area contributed by atoms with Gasteiger partial charge in [-0.05, 0) is 18.2 Å². The van der Waals surface area contributed by atoms with Gasteiger partial charge in [0.15, 0.2) is 0 Å². The minimum absolute atomic E-state index is 0. The summed E-state index contributed by atoms with van der Waals surface area (Å²) in [6.45, 7) is 0. The molecule has 0 saturated carbocycles. The second kappa shape index (κ2) is 4.10. The van der Waals surface area contributed by atoms with Crippen molar-refractivity contribution in [1.82, 2.24) is 0 Å². The van der Waals surface area contributed by atoms with Crippen LogP contribution in [0.5, 0.6) is 0 Å². The summed E-state index contributed by atoms with van der Waals surface area (Å²) in [7, 11) is 0. The van der Waals surface area contributed by atoms with Gasteiger partial charge in [-0.25, -0.2) is 0 Å². The normalized spacial score (nSPS) is 8.00. The molecule has 47 valence electrons. The molecule has 0 aliphatic carbocycles. The number of nitro groups is 1. The molecule has 1 radical (unpaired) electrons. The molecule has 4 heteroatoms. The van der Waals surface area contributed by atoms with Crippen molar-refractivity contribution in [3.8, 4) is 0 Å². The van der Waals surface area contributed by atoms with Crippen LogP contribution in [-0.2, 0) is 0 Å². The summed E-state index contributed by atoms with van der Waals surface area (Å²) in [6.07, 6.45) is 0. The molecule has 1 aromatic carbocycles. The van der Waals surface area contributed by atoms with E-state index in [4.69, 9.17) is 0 Å². The zero-order valence-electron chi connectivity index (χ0n) is 4.57. The minimum atomic E-state index is -0.437. The Labute approximate surface area is 70.4 Å².